The summed E-state index contributed by atoms with van der Waals surface area (Å²) in [5.41, 5.74) is 1.58. The molecule has 4 aliphatic carbocycles. The van der Waals surface area contributed by atoms with Crippen molar-refractivity contribution >= 4 is 0 Å². The second-order valence-corrected chi connectivity index (χ2v) is 10.2. The lowest BCUT2D eigenvalue weighted by Crippen LogP contribution is -2.51. The second-order valence-electron chi connectivity index (χ2n) is 10.2. The highest BCUT2D eigenvalue weighted by Gasteiger charge is 2.60. The third kappa shape index (κ3) is 2.29. The highest BCUT2D eigenvalue weighted by Crippen LogP contribution is 2.64. The zero-order chi connectivity index (χ0) is 18.1. The average molecular weight is 360 g/mol. The number of aliphatic hydroxyl groups excluding tert-OH is 1. The van der Waals surface area contributed by atoms with E-state index < -0.39 is 12.3 Å². The Morgan fingerprint density at radius 2 is 1.96 bits per heavy atom. The fraction of sp³-hybridized carbons (Fsp3) is 0.826. The molecule has 1 saturated heterocycles. The monoisotopic (exact) mass is 359 g/mol. The molecular weight excluding hydrogens is 325 g/mol. The minimum Gasteiger partial charge on any atom is -0.390 e. The van der Waals surface area contributed by atoms with Gasteiger partial charge >= 0.3 is 0 Å². The van der Waals surface area contributed by atoms with Crippen molar-refractivity contribution in [3.63, 3.8) is 0 Å². The summed E-state index contributed by atoms with van der Waals surface area (Å²) < 4.78 is 14.4. The molecule has 0 amide bonds. The van der Waals surface area contributed by atoms with Crippen LogP contribution in [0.15, 0.2) is 23.8 Å². The lowest BCUT2D eigenvalue weighted by molar-refractivity contribution is -0.0623. The number of hydrogen-bond acceptors (Lipinski definition) is 2. The van der Waals surface area contributed by atoms with Gasteiger partial charge in [0.05, 0.1) is 6.10 Å². The molecule has 0 spiro atoms. The van der Waals surface area contributed by atoms with Crippen LogP contribution in [0.4, 0.5) is 4.39 Å². The Morgan fingerprint density at radius 1 is 1.19 bits per heavy atom. The average Bonchev–Trinajstić information content (AvgIpc) is 3.23. The molecule has 26 heavy (non-hydrogen) atoms. The molecule has 1 N–H and O–H groups in total. The number of fused-ring (bicyclic) bond motifs is 5. The summed E-state index contributed by atoms with van der Waals surface area (Å²) in [6.45, 7) is 7.09. The van der Waals surface area contributed by atoms with Gasteiger partial charge in [0.25, 0.3) is 0 Å². The molecule has 3 heteroatoms. The third-order valence-electron chi connectivity index (χ3n) is 9.17. The van der Waals surface area contributed by atoms with E-state index in [-0.39, 0.29) is 10.8 Å². The number of rotatable bonds is 1. The highest BCUT2D eigenvalue weighted by atomic mass is 19.1. The first-order valence-electron chi connectivity index (χ1n) is 10.9. The first kappa shape index (κ1) is 17.4. The third-order valence-corrected chi connectivity index (χ3v) is 9.17. The minimum absolute atomic E-state index is 0.153. The molecule has 0 aromatic heterocycles. The molecule has 0 bridgehead atoms. The van der Waals surface area contributed by atoms with Crippen LogP contribution in [-0.4, -0.2) is 41.4 Å². The van der Waals surface area contributed by atoms with Crippen LogP contribution in [0.25, 0.3) is 0 Å². The number of nitrogens with zero attached hydrogens (tertiary/aromatic N) is 1. The normalized spacial score (nSPS) is 53.8. The molecule has 2 saturated carbocycles. The van der Waals surface area contributed by atoms with Crippen LogP contribution in [-0.2, 0) is 0 Å². The van der Waals surface area contributed by atoms with Gasteiger partial charge in [-0.25, -0.2) is 4.39 Å². The van der Waals surface area contributed by atoms with Gasteiger partial charge in [0.1, 0.15) is 6.17 Å². The van der Waals surface area contributed by atoms with Crippen molar-refractivity contribution < 1.29 is 9.50 Å². The summed E-state index contributed by atoms with van der Waals surface area (Å²) >= 11 is 0. The summed E-state index contributed by atoms with van der Waals surface area (Å²) in [7, 11) is 0. The zero-order valence-corrected chi connectivity index (χ0v) is 16.3. The van der Waals surface area contributed by atoms with Gasteiger partial charge in [0.15, 0.2) is 0 Å². The predicted molar refractivity (Wildman–Crippen MR) is 102 cm³/mol. The van der Waals surface area contributed by atoms with E-state index in [2.05, 4.69) is 37.0 Å². The topological polar surface area (TPSA) is 23.5 Å². The standard InChI is InChI=1S/C23H34FNO/c1-22-9-7-16(25-11-3-4-12-25)13-15(22)5-6-17-18(22)8-10-23(2)19(17)14-20(24)21(23)26/h5,7,9,16-21,26H,3-4,6,8,10-14H2,1-2H3/t16-,17+,18-,19-,20+,21-,22-,23-/m0/s1. The van der Waals surface area contributed by atoms with E-state index in [1.807, 2.05) is 0 Å². The molecule has 8 atom stereocenters. The van der Waals surface area contributed by atoms with Crippen molar-refractivity contribution in [3.8, 4) is 0 Å². The molecule has 1 aliphatic heterocycles. The smallest absolute Gasteiger partial charge is 0.127 e. The summed E-state index contributed by atoms with van der Waals surface area (Å²) in [6, 6.07) is 0.589. The van der Waals surface area contributed by atoms with Crippen LogP contribution in [0.1, 0.15) is 58.8 Å². The van der Waals surface area contributed by atoms with Gasteiger partial charge in [0, 0.05) is 11.5 Å². The van der Waals surface area contributed by atoms with Crippen LogP contribution in [0.2, 0.25) is 0 Å². The fourth-order valence-electron chi connectivity index (χ4n) is 7.50. The Bertz CT molecular complexity index is 638. The van der Waals surface area contributed by atoms with Crippen LogP contribution in [0, 0.1) is 28.6 Å². The van der Waals surface area contributed by atoms with E-state index in [1.165, 1.54) is 32.4 Å². The van der Waals surface area contributed by atoms with Crippen molar-refractivity contribution in [1.29, 1.82) is 0 Å². The zero-order valence-electron chi connectivity index (χ0n) is 16.3. The van der Waals surface area contributed by atoms with Crippen LogP contribution in [0.5, 0.6) is 0 Å². The van der Waals surface area contributed by atoms with E-state index >= 15 is 0 Å². The maximum Gasteiger partial charge on any atom is 0.127 e. The first-order chi connectivity index (χ1) is 12.4. The number of allylic oxidation sites excluding steroid dienone is 2. The lowest BCUT2D eigenvalue weighted by Gasteiger charge is -2.56. The molecule has 0 aromatic carbocycles. The van der Waals surface area contributed by atoms with E-state index in [0.29, 0.717) is 30.2 Å². The van der Waals surface area contributed by atoms with Crippen molar-refractivity contribution in [2.24, 2.45) is 28.6 Å². The van der Waals surface area contributed by atoms with Crippen LogP contribution >= 0.6 is 0 Å². The second kappa shape index (κ2) is 5.91. The SMILES string of the molecule is C[C@]12CC[C@H]3[C@@H](CC=C4C[C@@H](N5CCCC5)C=C[C@@]43C)[C@@H]1C[C@@H](F)[C@@H]2O. The van der Waals surface area contributed by atoms with Gasteiger partial charge in [0.2, 0.25) is 0 Å². The number of halogens is 1. The van der Waals surface area contributed by atoms with Gasteiger partial charge in [-0.05, 0) is 81.2 Å². The summed E-state index contributed by atoms with van der Waals surface area (Å²) in [6.07, 6.45) is 13.4. The van der Waals surface area contributed by atoms with Gasteiger partial charge in [-0.2, -0.15) is 0 Å². The van der Waals surface area contributed by atoms with Crippen molar-refractivity contribution in [2.45, 2.75) is 77.1 Å². The Labute approximate surface area is 157 Å². The molecule has 2 nitrogen and oxygen atoms in total. The number of hydrogen-bond donors (Lipinski definition) is 1. The Morgan fingerprint density at radius 3 is 2.73 bits per heavy atom. The summed E-state index contributed by atoms with van der Waals surface area (Å²) in [5, 5.41) is 10.5. The van der Waals surface area contributed by atoms with E-state index in [4.69, 9.17) is 0 Å². The summed E-state index contributed by atoms with van der Waals surface area (Å²) in [5.74, 6) is 1.49. The van der Waals surface area contributed by atoms with E-state index in [0.717, 1.165) is 19.3 Å². The van der Waals surface area contributed by atoms with E-state index in [9.17, 15) is 9.50 Å². The van der Waals surface area contributed by atoms with Crippen molar-refractivity contribution in [2.75, 3.05) is 13.1 Å². The maximum atomic E-state index is 14.4. The molecule has 5 aliphatic rings. The summed E-state index contributed by atoms with van der Waals surface area (Å²) in [4.78, 5) is 2.65. The van der Waals surface area contributed by atoms with E-state index in [1.54, 1.807) is 5.57 Å². The first-order valence-corrected chi connectivity index (χ1v) is 10.9. The van der Waals surface area contributed by atoms with Gasteiger partial charge in [-0.1, -0.05) is 37.6 Å². The van der Waals surface area contributed by atoms with Gasteiger partial charge in [-0.15, -0.1) is 0 Å². The van der Waals surface area contributed by atoms with Gasteiger partial charge in [-0.3, -0.25) is 4.90 Å². The lowest BCUT2D eigenvalue weighted by atomic mass is 9.49. The van der Waals surface area contributed by atoms with Crippen molar-refractivity contribution in [3.05, 3.63) is 23.8 Å². The van der Waals surface area contributed by atoms with Crippen LogP contribution < -0.4 is 0 Å². The molecule has 144 valence electrons. The Hall–Kier alpha value is -0.670. The highest BCUT2D eigenvalue weighted by molar-refractivity contribution is 5.34. The minimum atomic E-state index is -1.02. The number of aliphatic hydroxyl groups is 1. The molecular formula is C23H34FNO. The molecule has 0 aromatic rings. The Balaban J connectivity index is 1.43. The number of likely N-dealkylation sites (tertiary alicyclic amines) is 1. The fourth-order valence-corrected chi connectivity index (χ4v) is 7.50. The van der Waals surface area contributed by atoms with Crippen molar-refractivity contribution in [1.82, 2.24) is 4.90 Å². The number of alkyl halides is 1. The predicted octanol–water partition coefficient (Wildman–Crippen LogP) is 4.50. The molecule has 0 unspecified atom stereocenters. The molecule has 5 rings (SSSR count). The molecule has 0 radical (unpaired) electrons. The van der Waals surface area contributed by atoms with Gasteiger partial charge < -0.3 is 5.11 Å². The quantitative estimate of drug-likeness (QED) is 0.697. The molecule has 3 fully saturated rings. The Kier molecular flexibility index (Phi) is 3.96. The largest absolute Gasteiger partial charge is 0.390 e. The maximum absolute atomic E-state index is 14.4. The molecule has 1 heterocycles. The van der Waals surface area contributed by atoms with Crippen LogP contribution in [0.3, 0.4) is 0 Å².